The summed E-state index contributed by atoms with van der Waals surface area (Å²) in [5, 5.41) is 2.48. The average molecular weight is 330 g/mol. The summed E-state index contributed by atoms with van der Waals surface area (Å²) in [6.45, 7) is 6.79. The lowest BCUT2D eigenvalue weighted by molar-refractivity contribution is -0.134. The Kier molecular flexibility index (Phi) is 6.62. The fourth-order valence-electron chi connectivity index (χ4n) is 2.07. The van der Waals surface area contributed by atoms with Gasteiger partial charge in [0.2, 0.25) is 5.91 Å². The monoisotopic (exact) mass is 330 g/mol. The topological polar surface area (TPSA) is 114 Å². The predicted octanol–water partition coefficient (Wildman–Crippen LogP) is -0.251. The lowest BCUT2D eigenvalue weighted by Crippen LogP contribution is -2.56. The molecule has 9 nitrogen and oxygen atoms in total. The van der Waals surface area contributed by atoms with Gasteiger partial charge in [-0.15, -0.1) is 0 Å². The van der Waals surface area contributed by atoms with Gasteiger partial charge in [0.25, 0.3) is 0 Å². The van der Waals surface area contributed by atoms with Crippen LogP contribution in [0.15, 0.2) is 0 Å². The van der Waals surface area contributed by atoms with Crippen molar-refractivity contribution in [2.24, 2.45) is 5.73 Å². The Morgan fingerprint density at radius 1 is 1.13 bits per heavy atom. The molecule has 1 rings (SSSR count). The second-order valence-electron chi connectivity index (χ2n) is 6.27. The Balaban J connectivity index is 2.37. The number of methoxy groups -OCH3 is 1. The van der Waals surface area contributed by atoms with Crippen molar-refractivity contribution in [2.75, 3.05) is 39.8 Å². The number of nitrogens with two attached hydrogens (primary N) is 1. The smallest absolute Gasteiger partial charge is 0.409 e. The van der Waals surface area contributed by atoms with Crippen molar-refractivity contribution < 1.29 is 23.9 Å². The quantitative estimate of drug-likeness (QED) is 0.737. The summed E-state index contributed by atoms with van der Waals surface area (Å²) in [5.74, 6) is -0.273. The number of hydrogen-bond donors (Lipinski definition) is 2. The fourth-order valence-corrected chi connectivity index (χ4v) is 2.07. The van der Waals surface area contributed by atoms with Crippen molar-refractivity contribution >= 4 is 18.1 Å². The van der Waals surface area contributed by atoms with Gasteiger partial charge < -0.3 is 30.3 Å². The first-order chi connectivity index (χ1) is 10.6. The van der Waals surface area contributed by atoms with Gasteiger partial charge in [-0.3, -0.25) is 4.79 Å². The molecule has 132 valence electrons. The molecule has 3 N–H and O–H groups in total. The summed E-state index contributed by atoms with van der Waals surface area (Å²) >= 11 is 0. The van der Waals surface area contributed by atoms with E-state index in [0.29, 0.717) is 26.2 Å². The van der Waals surface area contributed by atoms with Crippen LogP contribution in [0, 0.1) is 0 Å². The predicted molar refractivity (Wildman–Crippen MR) is 82.8 cm³/mol. The van der Waals surface area contributed by atoms with Gasteiger partial charge in [-0.1, -0.05) is 0 Å². The van der Waals surface area contributed by atoms with Crippen LogP contribution < -0.4 is 11.1 Å². The number of ether oxygens (including phenoxy) is 2. The van der Waals surface area contributed by atoms with Gasteiger partial charge in [0.15, 0.2) is 0 Å². The van der Waals surface area contributed by atoms with Crippen molar-refractivity contribution in [3.05, 3.63) is 0 Å². The van der Waals surface area contributed by atoms with E-state index in [9.17, 15) is 14.4 Å². The number of nitrogens with zero attached hydrogens (tertiary/aromatic N) is 2. The Morgan fingerprint density at radius 2 is 1.65 bits per heavy atom. The Hall–Kier alpha value is -2.03. The summed E-state index contributed by atoms with van der Waals surface area (Å²) in [6.07, 6.45) is -1.02. The molecule has 0 saturated carbocycles. The van der Waals surface area contributed by atoms with Crippen LogP contribution in [0.5, 0.6) is 0 Å². The van der Waals surface area contributed by atoms with E-state index in [4.69, 9.17) is 10.5 Å². The van der Waals surface area contributed by atoms with Crippen molar-refractivity contribution in [3.63, 3.8) is 0 Å². The third-order valence-electron chi connectivity index (χ3n) is 3.21. The first-order valence-corrected chi connectivity index (χ1v) is 7.48. The molecule has 1 aliphatic heterocycles. The minimum Gasteiger partial charge on any atom is -0.453 e. The molecule has 0 spiro atoms. The van der Waals surface area contributed by atoms with E-state index in [1.54, 1.807) is 25.7 Å². The van der Waals surface area contributed by atoms with Crippen molar-refractivity contribution in [3.8, 4) is 0 Å². The van der Waals surface area contributed by atoms with Crippen molar-refractivity contribution in [1.82, 2.24) is 15.1 Å². The van der Waals surface area contributed by atoms with Crippen molar-refractivity contribution in [2.45, 2.75) is 32.4 Å². The molecule has 0 aromatic heterocycles. The van der Waals surface area contributed by atoms with Gasteiger partial charge in [0, 0.05) is 32.7 Å². The lowest BCUT2D eigenvalue weighted by atomic mass is 10.2. The van der Waals surface area contributed by atoms with Crippen LogP contribution in [-0.4, -0.2) is 79.4 Å². The molecule has 0 radical (unpaired) electrons. The SMILES string of the molecule is COC(=O)N1CCN(C(=O)[C@@H](N)CNC(=O)OC(C)(C)C)CC1. The average Bonchev–Trinajstić information content (AvgIpc) is 2.49. The summed E-state index contributed by atoms with van der Waals surface area (Å²) < 4.78 is 9.71. The summed E-state index contributed by atoms with van der Waals surface area (Å²) in [6, 6.07) is -0.854. The standard InChI is InChI=1S/C14H26N4O5/c1-14(2,3)23-12(20)16-9-10(15)11(19)17-5-7-18(8-6-17)13(21)22-4/h10H,5-9,15H2,1-4H3,(H,16,20)/t10-/m0/s1. The zero-order valence-corrected chi connectivity index (χ0v) is 14.1. The van der Waals surface area contributed by atoms with Gasteiger partial charge in [-0.25, -0.2) is 9.59 Å². The molecular formula is C14H26N4O5. The molecule has 3 amide bonds. The number of carbonyl (C=O) groups excluding carboxylic acids is 3. The van der Waals surface area contributed by atoms with Crippen LogP contribution in [0.4, 0.5) is 9.59 Å². The zero-order valence-electron chi connectivity index (χ0n) is 14.1. The molecular weight excluding hydrogens is 304 g/mol. The number of nitrogens with one attached hydrogen (secondary N) is 1. The maximum atomic E-state index is 12.2. The highest BCUT2D eigenvalue weighted by molar-refractivity contribution is 5.83. The second kappa shape index (κ2) is 8.00. The molecule has 0 bridgehead atoms. The minimum absolute atomic E-state index is 0.00897. The van der Waals surface area contributed by atoms with Crippen LogP contribution >= 0.6 is 0 Å². The van der Waals surface area contributed by atoms with Crippen LogP contribution in [0.25, 0.3) is 0 Å². The lowest BCUT2D eigenvalue weighted by Gasteiger charge is -2.35. The van der Waals surface area contributed by atoms with E-state index in [-0.39, 0.29) is 12.5 Å². The number of alkyl carbamates (subject to hydrolysis) is 1. The van der Waals surface area contributed by atoms with E-state index < -0.39 is 23.8 Å². The van der Waals surface area contributed by atoms with Gasteiger partial charge >= 0.3 is 12.2 Å². The van der Waals surface area contributed by atoms with Gasteiger partial charge in [0.1, 0.15) is 11.6 Å². The van der Waals surface area contributed by atoms with Crippen molar-refractivity contribution in [1.29, 1.82) is 0 Å². The molecule has 1 aliphatic rings. The third-order valence-corrected chi connectivity index (χ3v) is 3.21. The number of carbonyl (C=O) groups is 3. The Morgan fingerprint density at radius 3 is 2.13 bits per heavy atom. The van der Waals surface area contributed by atoms with Gasteiger partial charge in [0.05, 0.1) is 7.11 Å². The maximum Gasteiger partial charge on any atom is 0.409 e. The normalized spacial score (nSPS) is 16.6. The molecule has 1 heterocycles. The first-order valence-electron chi connectivity index (χ1n) is 7.48. The molecule has 0 aromatic rings. The van der Waals surface area contributed by atoms with Gasteiger partial charge in [-0.05, 0) is 20.8 Å². The Labute approximate surface area is 136 Å². The molecule has 0 unspecified atom stereocenters. The largest absolute Gasteiger partial charge is 0.453 e. The Bertz CT molecular complexity index is 441. The highest BCUT2D eigenvalue weighted by Gasteiger charge is 2.28. The van der Waals surface area contributed by atoms with Crippen LogP contribution in [0.3, 0.4) is 0 Å². The summed E-state index contributed by atoms with van der Waals surface area (Å²) in [4.78, 5) is 38.2. The van der Waals surface area contributed by atoms with E-state index in [1.165, 1.54) is 12.0 Å². The first kappa shape index (κ1) is 19.0. The molecule has 9 heteroatoms. The van der Waals surface area contributed by atoms with E-state index in [1.807, 2.05) is 0 Å². The second-order valence-corrected chi connectivity index (χ2v) is 6.27. The van der Waals surface area contributed by atoms with Crippen LogP contribution in [0.1, 0.15) is 20.8 Å². The summed E-state index contributed by atoms with van der Waals surface area (Å²) in [5.41, 5.74) is 5.21. The van der Waals surface area contributed by atoms with Crippen LogP contribution in [-0.2, 0) is 14.3 Å². The van der Waals surface area contributed by atoms with Gasteiger partial charge in [-0.2, -0.15) is 0 Å². The van der Waals surface area contributed by atoms with E-state index in [0.717, 1.165) is 0 Å². The highest BCUT2D eigenvalue weighted by atomic mass is 16.6. The third kappa shape index (κ3) is 6.31. The number of rotatable bonds is 3. The highest BCUT2D eigenvalue weighted by Crippen LogP contribution is 2.07. The number of piperazine rings is 1. The van der Waals surface area contributed by atoms with E-state index in [2.05, 4.69) is 10.1 Å². The molecule has 1 fully saturated rings. The number of amides is 3. The molecule has 1 atom stereocenters. The maximum absolute atomic E-state index is 12.2. The van der Waals surface area contributed by atoms with E-state index >= 15 is 0 Å². The number of hydrogen-bond acceptors (Lipinski definition) is 6. The minimum atomic E-state index is -0.854. The zero-order chi connectivity index (χ0) is 17.6. The molecule has 0 aromatic carbocycles. The summed E-state index contributed by atoms with van der Waals surface area (Å²) in [7, 11) is 1.32. The molecule has 0 aliphatic carbocycles. The fraction of sp³-hybridized carbons (Fsp3) is 0.786. The molecule has 1 saturated heterocycles. The van der Waals surface area contributed by atoms with Crippen LogP contribution in [0.2, 0.25) is 0 Å². The molecule has 23 heavy (non-hydrogen) atoms.